The van der Waals surface area contributed by atoms with Gasteiger partial charge in [-0.25, -0.2) is 4.98 Å². The van der Waals surface area contributed by atoms with Gasteiger partial charge < -0.3 is 19.9 Å². The fourth-order valence-electron chi connectivity index (χ4n) is 5.60. The number of likely N-dealkylation sites (tertiary alicyclic amines) is 1. The molecule has 0 spiro atoms. The van der Waals surface area contributed by atoms with Crippen LogP contribution in [-0.4, -0.2) is 68.0 Å². The molecule has 2 aliphatic rings. The van der Waals surface area contributed by atoms with Crippen molar-refractivity contribution in [1.29, 1.82) is 0 Å². The van der Waals surface area contributed by atoms with E-state index in [1.165, 1.54) is 23.2 Å². The summed E-state index contributed by atoms with van der Waals surface area (Å²) in [6, 6.07) is 11.3. The van der Waals surface area contributed by atoms with Gasteiger partial charge >= 0.3 is 6.18 Å². The van der Waals surface area contributed by atoms with Gasteiger partial charge in [0, 0.05) is 37.7 Å². The van der Waals surface area contributed by atoms with Crippen LogP contribution in [0.3, 0.4) is 0 Å². The number of nitrogens with zero attached hydrogens (tertiary/aromatic N) is 4. The molecular weight excluding hydrogens is 487 g/mol. The Bertz CT molecular complexity index is 1310. The predicted octanol–water partition coefficient (Wildman–Crippen LogP) is 2.51. The molecule has 2 N–H and O–H groups in total. The van der Waals surface area contributed by atoms with Gasteiger partial charge in [0.15, 0.2) is 0 Å². The van der Waals surface area contributed by atoms with Gasteiger partial charge in [0.25, 0.3) is 5.56 Å². The number of amides is 1. The van der Waals surface area contributed by atoms with Crippen LogP contribution in [0.4, 0.5) is 13.2 Å². The van der Waals surface area contributed by atoms with Crippen LogP contribution in [0, 0.1) is 5.92 Å². The molecule has 5 rings (SSSR count). The van der Waals surface area contributed by atoms with Gasteiger partial charge in [-0.15, -0.1) is 0 Å². The van der Waals surface area contributed by atoms with Crippen molar-refractivity contribution in [3.05, 3.63) is 64.8 Å². The van der Waals surface area contributed by atoms with E-state index in [9.17, 15) is 27.9 Å². The van der Waals surface area contributed by atoms with E-state index in [1.807, 2.05) is 35.2 Å². The summed E-state index contributed by atoms with van der Waals surface area (Å²) < 4.78 is 40.6. The van der Waals surface area contributed by atoms with E-state index in [4.69, 9.17) is 0 Å². The van der Waals surface area contributed by atoms with Crippen LogP contribution >= 0.6 is 0 Å². The number of alkyl halides is 3. The number of piperidine rings is 2. The number of rotatable bonds is 5. The maximum atomic E-state index is 13.5. The molecule has 2 atom stereocenters. The Balaban J connectivity index is 1.26. The first kappa shape index (κ1) is 25.5. The van der Waals surface area contributed by atoms with Crippen molar-refractivity contribution < 1.29 is 23.1 Å². The highest BCUT2D eigenvalue weighted by molar-refractivity contribution is 5.80. The molecular formula is C26H30F3N5O3. The van der Waals surface area contributed by atoms with Gasteiger partial charge in [-0.05, 0) is 37.4 Å². The predicted molar refractivity (Wildman–Crippen MR) is 131 cm³/mol. The van der Waals surface area contributed by atoms with E-state index < -0.39 is 23.9 Å². The molecule has 11 heteroatoms. The third-order valence-corrected chi connectivity index (χ3v) is 7.59. The Hall–Kier alpha value is -3.18. The largest absolute Gasteiger partial charge is 0.406 e. The minimum Gasteiger partial charge on any atom is -0.388 e. The quantitative estimate of drug-likeness (QED) is 0.543. The zero-order valence-electron chi connectivity index (χ0n) is 20.3. The second-order valence-electron chi connectivity index (χ2n) is 10.1. The first-order chi connectivity index (χ1) is 17.6. The van der Waals surface area contributed by atoms with Crippen molar-refractivity contribution >= 4 is 16.9 Å². The highest BCUT2D eigenvalue weighted by Gasteiger charge is 2.39. The number of hydrogen-bond acceptors (Lipinski definition) is 5. The molecule has 3 aromatic rings. The smallest absolute Gasteiger partial charge is 0.388 e. The number of fused-ring (bicyclic) bond motifs is 1. The van der Waals surface area contributed by atoms with Gasteiger partial charge in [-0.3, -0.25) is 14.2 Å². The van der Waals surface area contributed by atoms with E-state index in [2.05, 4.69) is 10.3 Å². The zero-order chi connectivity index (χ0) is 26.2. The Morgan fingerprint density at radius 2 is 1.86 bits per heavy atom. The van der Waals surface area contributed by atoms with E-state index >= 15 is 0 Å². The lowest BCUT2D eigenvalue weighted by molar-refractivity contribution is -0.142. The van der Waals surface area contributed by atoms with Crippen LogP contribution in [0.1, 0.15) is 30.7 Å². The van der Waals surface area contributed by atoms with E-state index in [-0.39, 0.29) is 35.3 Å². The molecule has 0 aliphatic carbocycles. The van der Waals surface area contributed by atoms with Gasteiger partial charge in [-0.1, -0.05) is 30.3 Å². The monoisotopic (exact) mass is 517 g/mol. The molecule has 8 nitrogen and oxygen atoms in total. The number of aromatic nitrogens is 3. The van der Waals surface area contributed by atoms with Gasteiger partial charge in [0.1, 0.15) is 18.5 Å². The molecule has 198 valence electrons. The maximum absolute atomic E-state index is 13.5. The maximum Gasteiger partial charge on any atom is 0.406 e. The van der Waals surface area contributed by atoms with E-state index in [0.717, 1.165) is 29.6 Å². The first-order valence-electron chi connectivity index (χ1n) is 12.5. The second kappa shape index (κ2) is 9.94. The van der Waals surface area contributed by atoms with Gasteiger partial charge in [0.2, 0.25) is 5.91 Å². The van der Waals surface area contributed by atoms with Crippen molar-refractivity contribution in [2.24, 2.45) is 5.92 Å². The highest BCUT2D eigenvalue weighted by atomic mass is 19.4. The third-order valence-electron chi connectivity index (χ3n) is 7.59. The average molecular weight is 518 g/mol. The molecule has 2 aliphatic heterocycles. The van der Waals surface area contributed by atoms with Crippen LogP contribution in [0.15, 0.2) is 53.7 Å². The SMILES string of the molecule is O=C([C@@H]1CCNC[C@H]1c1ccccc1)N1CCC(O)(Cn2cnc3c(ccn3CC(F)(F)F)c2=O)CC1. The van der Waals surface area contributed by atoms with Crippen LogP contribution in [0.25, 0.3) is 11.0 Å². The van der Waals surface area contributed by atoms with E-state index in [0.29, 0.717) is 25.9 Å². The summed E-state index contributed by atoms with van der Waals surface area (Å²) in [6.45, 7) is 0.979. The Labute approximate surface area is 211 Å². The number of nitrogens with one attached hydrogen (secondary N) is 1. The molecule has 37 heavy (non-hydrogen) atoms. The van der Waals surface area contributed by atoms with Crippen molar-refractivity contribution in [3.63, 3.8) is 0 Å². The van der Waals surface area contributed by atoms with Crippen molar-refractivity contribution in [3.8, 4) is 0 Å². The number of carbonyl (C=O) groups is 1. The summed E-state index contributed by atoms with van der Waals surface area (Å²) in [4.78, 5) is 32.3. The van der Waals surface area contributed by atoms with Crippen molar-refractivity contribution in [2.75, 3.05) is 26.2 Å². The zero-order valence-corrected chi connectivity index (χ0v) is 20.3. The van der Waals surface area contributed by atoms with E-state index in [1.54, 1.807) is 0 Å². The number of halogens is 3. The Morgan fingerprint density at radius 3 is 2.57 bits per heavy atom. The molecule has 1 amide bonds. The number of hydrogen-bond donors (Lipinski definition) is 2. The molecule has 0 unspecified atom stereocenters. The average Bonchev–Trinajstić information content (AvgIpc) is 3.28. The van der Waals surface area contributed by atoms with Crippen LogP contribution < -0.4 is 10.9 Å². The summed E-state index contributed by atoms with van der Waals surface area (Å²) >= 11 is 0. The first-order valence-corrected chi connectivity index (χ1v) is 12.5. The van der Waals surface area contributed by atoms with Crippen LogP contribution in [0.5, 0.6) is 0 Å². The normalized spacial score (nSPS) is 22.3. The summed E-state index contributed by atoms with van der Waals surface area (Å²) in [5.74, 6) is 0.0396. The number of benzene rings is 1. The molecule has 4 heterocycles. The molecule has 2 aromatic heterocycles. The van der Waals surface area contributed by atoms with Crippen LogP contribution in [-0.2, 0) is 17.9 Å². The molecule has 1 aromatic carbocycles. The lowest BCUT2D eigenvalue weighted by Gasteiger charge is -2.41. The summed E-state index contributed by atoms with van der Waals surface area (Å²) in [6.07, 6.45) is -0.725. The van der Waals surface area contributed by atoms with Gasteiger partial charge in [0.05, 0.1) is 17.5 Å². The number of aliphatic hydroxyl groups is 1. The molecule has 0 saturated carbocycles. The second-order valence-corrected chi connectivity index (χ2v) is 10.1. The lowest BCUT2D eigenvalue weighted by atomic mass is 9.80. The number of carbonyl (C=O) groups excluding carboxylic acids is 1. The van der Waals surface area contributed by atoms with Gasteiger partial charge in [-0.2, -0.15) is 13.2 Å². The molecule has 0 bridgehead atoms. The van der Waals surface area contributed by atoms with Crippen molar-refractivity contribution in [1.82, 2.24) is 24.3 Å². The third kappa shape index (κ3) is 5.42. The molecule has 2 fully saturated rings. The minimum atomic E-state index is -4.43. The molecule has 0 radical (unpaired) electrons. The van der Waals surface area contributed by atoms with Crippen molar-refractivity contribution in [2.45, 2.75) is 50.0 Å². The fraction of sp³-hybridized carbons (Fsp3) is 0.500. The summed E-state index contributed by atoms with van der Waals surface area (Å²) in [7, 11) is 0. The topological polar surface area (TPSA) is 92.4 Å². The summed E-state index contributed by atoms with van der Waals surface area (Å²) in [5, 5.41) is 14.7. The summed E-state index contributed by atoms with van der Waals surface area (Å²) in [5.41, 5.74) is -0.635. The molecule has 2 saturated heterocycles. The Morgan fingerprint density at radius 1 is 1.14 bits per heavy atom. The van der Waals surface area contributed by atoms with Crippen LogP contribution in [0.2, 0.25) is 0 Å². The lowest BCUT2D eigenvalue weighted by Crippen LogP contribution is -2.52. The Kier molecular flexibility index (Phi) is 6.84. The highest BCUT2D eigenvalue weighted by Crippen LogP contribution is 2.33. The minimum absolute atomic E-state index is 0.0404. The standard InChI is InChI=1S/C26H30F3N5O3/c27-26(28,29)16-33-11-7-20-22(33)31-17-34(24(20)36)15-25(37)8-12-32(13-9-25)23(35)19-6-10-30-14-21(19)18-4-2-1-3-5-18/h1-5,7,11,17,19,21,30,37H,6,8-10,12-16H2/t19-,21+/m1/s1. The fourth-order valence-corrected chi connectivity index (χ4v) is 5.60.